The number of hydrogen-bond acceptors (Lipinski definition) is 3. The molecule has 0 aromatic heterocycles. The van der Waals surface area contributed by atoms with Gasteiger partial charge in [0.2, 0.25) is 0 Å². The van der Waals surface area contributed by atoms with Crippen molar-refractivity contribution in [3.63, 3.8) is 0 Å². The van der Waals surface area contributed by atoms with E-state index < -0.39 is 0 Å². The Balaban J connectivity index is 1.57. The molecule has 1 aliphatic rings. The standard InChI is InChI=1S/C20H25N3OS/c1-15(16-8-10-18(11-9-16)23-12-3-4-13-23)21-20(25)22-17-6-5-7-19(14-17)24-2/h5-11,14-15H,3-4,12-13H2,1-2H3,(H2,21,22,25). The smallest absolute Gasteiger partial charge is 0.171 e. The molecule has 0 spiro atoms. The molecule has 5 heteroatoms. The van der Waals surface area contributed by atoms with Gasteiger partial charge in [-0.1, -0.05) is 18.2 Å². The molecule has 25 heavy (non-hydrogen) atoms. The monoisotopic (exact) mass is 355 g/mol. The lowest BCUT2D eigenvalue weighted by Crippen LogP contribution is -2.30. The van der Waals surface area contributed by atoms with Gasteiger partial charge in [-0.15, -0.1) is 0 Å². The van der Waals surface area contributed by atoms with Gasteiger partial charge in [0.05, 0.1) is 13.2 Å². The maximum absolute atomic E-state index is 5.43. The number of nitrogens with one attached hydrogen (secondary N) is 2. The fraction of sp³-hybridized carbons (Fsp3) is 0.350. The van der Waals surface area contributed by atoms with Gasteiger partial charge >= 0.3 is 0 Å². The van der Waals surface area contributed by atoms with Crippen molar-refractivity contribution in [2.24, 2.45) is 0 Å². The van der Waals surface area contributed by atoms with Gasteiger partial charge in [-0.2, -0.15) is 0 Å². The molecule has 1 aliphatic heterocycles. The van der Waals surface area contributed by atoms with Gasteiger partial charge in [-0.25, -0.2) is 0 Å². The Kier molecular flexibility index (Phi) is 5.76. The van der Waals surface area contributed by atoms with E-state index in [1.54, 1.807) is 7.11 Å². The second kappa shape index (κ2) is 8.21. The summed E-state index contributed by atoms with van der Waals surface area (Å²) in [6, 6.07) is 16.6. The summed E-state index contributed by atoms with van der Waals surface area (Å²) in [5.74, 6) is 0.804. The zero-order valence-corrected chi connectivity index (χ0v) is 15.6. The Bertz CT molecular complexity index is 711. The van der Waals surface area contributed by atoms with Crippen molar-refractivity contribution in [3.05, 3.63) is 54.1 Å². The van der Waals surface area contributed by atoms with Crippen LogP contribution in [0.4, 0.5) is 11.4 Å². The molecule has 2 aromatic carbocycles. The Morgan fingerprint density at radius 3 is 2.52 bits per heavy atom. The number of rotatable bonds is 5. The molecule has 1 atom stereocenters. The van der Waals surface area contributed by atoms with Gasteiger partial charge in [0, 0.05) is 30.5 Å². The van der Waals surface area contributed by atoms with Crippen molar-refractivity contribution in [1.82, 2.24) is 5.32 Å². The van der Waals surface area contributed by atoms with Crippen LogP contribution in [0.2, 0.25) is 0 Å². The third-order valence-electron chi connectivity index (χ3n) is 4.54. The maximum atomic E-state index is 5.43. The summed E-state index contributed by atoms with van der Waals surface area (Å²) in [6.07, 6.45) is 2.59. The van der Waals surface area contributed by atoms with Gasteiger partial charge in [0.25, 0.3) is 0 Å². The van der Waals surface area contributed by atoms with Crippen molar-refractivity contribution in [1.29, 1.82) is 0 Å². The number of ether oxygens (including phenoxy) is 1. The highest BCUT2D eigenvalue weighted by Gasteiger charge is 2.13. The molecule has 0 amide bonds. The van der Waals surface area contributed by atoms with Crippen molar-refractivity contribution in [2.45, 2.75) is 25.8 Å². The molecule has 1 unspecified atom stereocenters. The summed E-state index contributed by atoms with van der Waals surface area (Å²) in [7, 11) is 1.66. The van der Waals surface area contributed by atoms with Crippen molar-refractivity contribution < 1.29 is 4.74 Å². The van der Waals surface area contributed by atoms with Crippen LogP contribution in [0.25, 0.3) is 0 Å². The number of thiocarbonyl (C=S) groups is 1. The minimum atomic E-state index is 0.137. The van der Waals surface area contributed by atoms with Crippen LogP contribution in [0.3, 0.4) is 0 Å². The quantitative estimate of drug-likeness (QED) is 0.780. The lowest BCUT2D eigenvalue weighted by Gasteiger charge is -2.20. The second-order valence-electron chi connectivity index (χ2n) is 6.34. The second-order valence-corrected chi connectivity index (χ2v) is 6.75. The van der Waals surface area contributed by atoms with Gasteiger partial charge < -0.3 is 20.3 Å². The number of hydrogen-bond donors (Lipinski definition) is 2. The lowest BCUT2D eigenvalue weighted by atomic mass is 10.1. The summed E-state index contributed by atoms with van der Waals surface area (Å²) in [5.41, 5.74) is 3.44. The maximum Gasteiger partial charge on any atom is 0.171 e. The molecule has 0 saturated carbocycles. The van der Waals surface area contributed by atoms with E-state index in [-0.39, 0.29) is 6.04 Å². The van der Waals surface area contributed by atoms with E-state index in [0.29, 0.717) is 5.11 Å². The molecular weight excluding hydrogens is 330 g/mol. The van der Waals surface area contributed by atoms with Crippen LogP contribution in [-0.4, -0.2) is 25.3 Å². The largest absolute Gasteiger partial charge is 0.497 e. The van der Waals surface area contributed by atoms with Crippen LogP contribution in [0, 0.1) is 0 Å². The molecule has 4 nitrogen and oxygen atoms in total. The third-order valence-corrected chi connectivity index (χ3v) is 4.76. The first-order valence-corrected chi connectivity index (χ1v) is 9.13. The molecular formula is C20H25N3OS. The van der Waals surface area contributed by atoms with Crippen LogP contribution in [-0.2, 0) is 0 Å². The van der Waals surface area contributed by atoms with Gasteiger partial charge in [-0.05, 0) is 61.8 Å². The molecule has 0 aliphatic carbocycles. The van der Waals surface area contributed by atoms with E-state index in [4.69, 9.17) is 17.0 Å². The minimum absolute atomic E-state index is 0.137. The van der Waals surface area contributed by atoms with Crippen molar-refractivity contribution in [2.75, 3.05) is 30.4 Å². The zero-order valence-electron chi connectivity index (χ0n) is 14.8. The molecule has 1 saturated heterocycles. The predicted octanol–water partition coefficient (Wildman–Crippen LogP) is 4.34. The van der Waals surface area contributed by atoms with E-state index in [2.05, 4.69) is 46.7 Å². The van der Waals surface area contributed by atoms with E-state index in [9.17, 15) is 0 Å². The highest BCUT2D eigenvalue weighted by molar-refractivity contribution is 7.80. The Morgan fingerprint density at radius 2 is 1.84 bits per heavy atom. The summed E-state index contributed by atoms with van der Waals surface area (Å²) in [6.45, 7) is 4.45. The van der Waals surface area contributed by atoms with Crippen molar-refractivity contribution in [3.8, 4) is 5.75 Å². The van der Waals surface area contributed by atoms with Crippen LogP contribution in [0.15, 0.2) is 48.5 Å². The van der Waals surface area contributed by atoms with Crippen LogP contribution in [0.5, 0.6) is 5.75 Å². The normalized spacial score (nSPS) is 14.9. The third kappa shape index (κ3) is 4.63. The average molecular weight is 356 g/mol. The Labute approximate surface area is 155 Å². The highest BCUT2D eigenvalue weighted by atomic mass is 32.1. The molecule has 2 aromatic rings. The first kappa shape index (κ1) is 17.5. The average Bonchev–Trinajstić information content (AvgIpc) is 3.16. The minimum Gasteiger partial charge on any atom is -0.497 e. The van der Waals surface area contributed by atoms with Gasteiger partial charge in [0.15, 0.2) is 5.11 Å². The molecule has 0 bridgehead atoms. The summed E-state index contributed by atoms with van der Waals surface area (Å²) in [4.78, 5) is 2.44. The molecule has 3 rings (SSSR count). The SMILES string of the molecule is COc1cccc(NC(=S)NC(C)c2ccc(N3CCCC3)cc2)c1. The van der Waals surface area contributed by atoms with E-state index in [0.717, 1.165) is 11.4 Å². The zero-order chi connectivity index (χ0) is 17.6. The topological polar surface area (TPSA) is 36.5 Å². The molecule has 2 N–H and O–H groups in total. The fourth-order valence-corrected chi connectivity index (χ4v) is 3.39. The van der Waals surface area contributed by atoms with Gasteiger partial charge in [0.1, 0.15) is 5.75 Å². The first-order valence-electron chi connectivity index (χ1n) is 8.72. The number of nitrogens with zero attached hydrogens (tertiary/aromatic N) is 1. The summed E-state index contributed by atoms with van der Waals surface area (Å²) < 4.78 is 5.23. The first-order chi connectivity index (χ1) is 12.2. The van der Waals surface area contributed by atoms with Gasteiger partial charge in [-0.3, -0.25) is 0 Å². The van der Waals surface area contributed by atoms with E-state index >= 15 is 0 Å². The lowest BCUT2D eigenvalue weighted by molar-refractivity contribution is 0.415. The summed E-state index contributed by atoms with van der Waals surface area (Å²) >= 11 is 5.43. The van der Waals surface area contributed by atoms with Crippen LogP contribution >= 0.6 is 12.2 Å². The number of methoxy groups -OCH3 is 1. The van der Waals surface area contributed by atoms with E-state index in [1.807, 2.05) is 24.3 Å². The predicted molar refractivity (Wildman–Crippen MR) is 109 cm³/mol. The Hall–Kier alpha value is -2.27. The number of benzene rings is 2. The van der Waals surface area contributed by atoms with Crippen LogP contribution < -0.4 is 20.3 Å². The molecule has 132 valence electrons. The Morgan fingerprint density at radius 1 is 1.12 bits per heavy atom. The highest BCUT2D eigenvalue weighted by Crippen LogP contribution is 2.23. The fourth-order valence-electron chi connectivity index (χ4n) is 3.10. The molecule has 0 radical (unpaired) electrons. The number of anilines is 2. The molecule has 1 fully saturated rings. The van der Waals surface area contributed by atoms with Crippen LogP contribution in [0.1, 0.15) is 31.4 Å². The summed E-state index contributed by atoms with van der Waals surface area (Å²) in [5, 5.41) is 7.14. The molecule has 1 heterocycles. The van der Waals surface area contributed by atoms with Crippen molar-refractivity contribution >= 4 is 28.7 Å². The van der Waals surface area contributed by atoms with E-state index in [1.165, 1.54) is 37.2 Å².